The van der Waals surface area contributed by atoms with E-state index in [4.69, 9.17) is 16.9 Å². The van der Waals surface area contributed by atoms with Crippen LogP contribution in [0.3, 0.4) is 0 Å². The number of guanidine groups is 1. The molecule has 3 rings (SSSR count). The molecule has 1 atom stereocenters. The number of nitriles is 1. The zero-order chi connectivity index (χ0) is 19.2. The van der Waals surface area contributed by atoms with Crippen molar-refractivity contribution in [3.8, 4) is 6.07 Å². The summed E-state index contributed by atoms with van der Waals surface area (Å²) in [6.07, 6.45) is 0.964. The van der Waals surface area contributed by atoms with Crippen LogP contribution in [0, 0.1) is 17.1 Å². The fourth-order valence-corrected chi connectivity index (χ4v) is 3.32. The molecule has 0 aromatic heterocycles. The number of rotatable bonds is 4. The molecule has 1 unspecified atom stereocenters. The Bertz CT molecular complexity index is 883. The van der Waals surface area contributed by atoms with E-state index < -0.39 is 0 Å². The van der Waals surface area contributed by atoms with Gasteiger partial charge in [-0.05, 0) is 42.8 Å². The summed E-state index contributed by atoms with van der Waals surface area (Å²) in [7, 11) is 1.68. The van der Waals surface area contributed by atoms with Crippen LogP contribution in [0.25, 0.3) is 0 Å². The average molecular weight is 514 g/mol. The smallest absolute Gasteiger partial charge is 0.191 e. The summed E-state index contributed by atoms with van der Waals surface area (Å²) in [5.74, 6) is 0.264. The summed E-state index contributed by atoms with van der Waals surface area (Å²) < 4.78 is 13.9. The second-order valence-electron chi connectivity index (χ2n) is 6.40. The minimum Gasteiger partial charge on any atom is -0.369 e. The number of aliphatic imine (C=N–C) groups is 1. The Labute approximate surface area is 186 Å². The van der Waals surface area contributed by atoms with Gasteiger partial charge in [0.05, 0.1) is 11.6 Å². The second kappa shape index (κ2) is 10.5. The Balaban J connectivity index is 0.00000280. The van der Waals surface area contributed by atoms with Crippen molar-refractivity contribution in [2.75, 3.05) is 25.0 Å². The van der Waals surface area contributed by atoms with Crippen molar-refractivity contribution in [2.45, 2.75) is 19.0 Å². The quantitative estimate of drug-likeness (QED) is 0.370. The molecule has 1 fully saturated rings. The van der Waals surface area contributed by atoms with Crippen LogP contribution in [0.4, 0.5) is 10.1 Å². The van der Waals surface area contributed by atoms with E-state index in [0.717, 1.165) is 30.2 Å². The summed E-state index contributed by atoms with van der Waals surface area (Å²) >= 11 is 6.08. The Hall–Kier alpha value is -2.05. The Morgan fingerprint density at radius 2 is 2.18 bits per heavy atom. The van der Waals surface area contributed by atoms with Crippen molar-refractivity contribution in [3.05, 3.63) is 64.4 Å². The van der Waals surface area contributed by atoms with Crippen LogP contribution in [0.15, 0.2) is 47.5 Å². The highest BCUT2D eigenvalue weighted by Crippen LogP contribution is 2.23. The number of hydrogen-bond donors (Lipinski definition) is 2. The number of nitrogens with zero attached hydrogens (tertiary/aromatic N) is 3. The maximum atomic E-state index is 13.9. The summed E-state index contributed by atoms with van der Waals surface area (Å²) in [6.45, 7) is 2.01. The fourth-order valence-electron chi connectivity index (χ4n) is 3.13. The molecule has 0 aliphatic carbocycles. The molecule has 148 valence electrons. The molecular weight excluding hydrogens is 492 g/mol. The third-order valence-corrected chi connectivity index (χ3v) is 4.78. The van der Waals surface area contributed by atoms with E-state index in [-0.39, 0.29) is 42.4 Å². The number of anilines is 1. The number of benzene rings is 2. The lowest BCUT2D eigenvalue weighted by Gasteiger charge is -2.20. The van der Waals surface area contributed by atoms with E-state index in [2.05, 4.69) is 20.5 Å². The van der Waals surface area contributed by atoms with Gasteiger partial charge in [0, 0.05) is 49.0 Å². The molecule has 2 aromatic carbocycles. The first-order valence-corrected chi connectivity index (χ1v) is 9.13. The zero-order valence-corrected chi connectivity index (χ0v) is 18.5. The lowest BCUT2D eigenvalue weighted by atomic mass is 10.1. The predicted molar refractivity (Wildman–Crippen MR) is 122 cm³/mol. The average Bonchev–Trinajstić information content (AvgIpc) is 3.15. The maximum Gasteiger partial charge on any atom is 0.191 e. The minimum absolute atomic E-state index is 0. The van der Waals surface area contributed by atoms with Crippen LogP contribution >= 0.6 is 35.6 Å². The van der Waals surface area contributed by atoms with Crippen LogP contribution in [-0.2, 0) is 6.54 Å². The number of hydrogen-bond acceptors (Lipinski definition) is 3. The van der Waals surface area contributed by atoms with Crippen molar-refractivity contribution in [2.24, 2.45) is 4.99 Å². The van der Waals surface area contributed by atoms with Gasteiger partial charge >= 0.3 is 0 Å². The molecule has 5 nitrogen and oxygen atoms in total. The largest absolute Gasteiger partial charge is 0.369 e. The molecule has 2 N–H and O–H groups in total. The van der Waals surface area contributed by atoms with E-state index in [1.165, 1.54) is 12.1 Å². The molecule has 1 aliphatic heterocycles. The van der Waals surface area contributed by atoms with Crippen LogP contribution in [-0.4, -0.2) is 32.1 Å². The predicted octanol–water partition coefficient (Wildman–Crippen LogP) is 3.91. The Kier molecular flexibility index (Phi) is 8.33. The lowest BCUT2D eigenvalue weighted by Crippen LogP contribution is -2.44. The molecule has 8 heteroatoms. The summed E-state index contributed by atoms with van der Waals surface area (Å²) in [5, 5.41) is 16.2. The van der Waals surface area contributed by atoms with Crippen LogP contribution in [0.1, 0.15) is 17.5 Å². The molecule has 0 bridgehead atoms. The second-order valence-corrected chi connectivity index (χ2v) is 6.84. The van der Waals surface area contributed by atoms with Crippen LogP contribution in [0.5, 0.6) is 0 Å². The van der Waals surface area contributed by atoms with Gasteiger partial charge in [0.25, 0.3) is 0 Å². The first-order valence-electron chi connectivity index (χ1n) is 8.75. The van der Waals surface area contributed by atoms with Crippen molar-refractivity contribution >= 4 is 47.2 Å². The molecule has 28 heavy (non-hydrogen) atoms. The molecule has 2 aromatic rings. The molecule has 1 aliphatic rings. The molecule has 0 amide bonds. The molecule has 0 saturated carbocycles. The van der Waals surface area contributed by atoms with E-state index in [0.29, 0.717) is 17.1 Å². The van der Waals surface area contributed by atoms with Gasteiger partial charge in [0.2, 0.25) is 0 Å². The van der Waals surface area contributed by atoms with Gasteiger partial charge in [0.1, 0.15) is 5.82 Å². The lowest BCUT2D eigenvalue weighted by molar-refractivity contribution is 0.600. The molecule has 1 saturated heterocycles. The van der Waals surface area contributed by atoms with E-state index in [1.54, 1.807) is 13.1 Å². The Morgan fingerprint density at radius 1 is 1.36 bits per heavy atom. The van der Waals surface area contributed by atoms with Gasteiger partial charge in [-0.3, -0.25) is 4.99 Å². The van der Waals surface area contributed by atoms with Gasteiger partial charge in [-0.25, -0.2) is 4.39 Å². The SMILES string of the molecule is CN=C(NCc1cc(C#N)ccc1F)NC1CCN(c2cccc(Cl)c2)C1.I. The highest BCUT2D eigenvalue weighted by atomic mass is 127. The molecule has 0 radical (unpaired) electrons. The maximum absolute atomic E-state index is 13.9. The third-order valence-electron chi connectivity index (χ3n) is 4.55. The Morgan fingerprint density at radius 3 is 2.89 bits per heavy atom. The molecular formula is C20H22ClFIN5. The first kappa shape index (κ1) is 22.2. The van der Waals surface area contributed by atoms with Crippen LogP contribution in [0.2, 0.25) is 5.02 Å². The normalized spacial score (nSPS) is 16.3. The highest BCUT2D eigenvalue weighted by Gasteiger charge is 2.23. The van der Waals surface area contributed by atoms with Crippen molar-refractivity contribution in [3.63, 3.8) is 0 Å². The zero-order valence-electron chi connectivity index (χ0n) is 15.5. The first-order chi connectivity index (χ1) is 13.1. The van der Waals surface area contributed by atoms with Crippen molar-refractivity contribution in [1.82, 2.24) is 10.6 Å². The minimum atomic E-state index is -0.343. The molecule has 1 heterocycles. The topological polar surface area (TPSA) is 63.5 Å². The summed E-state index contributed by atoms with van der Waals surface area (Å²) in [5.41, 5.74) is 1.97. The molecule has 0 spiro atoms. The van der Waals surface area contributed by atoms with Gasteiger partial charge < -0.3 is 15.5 Å². The van der Waals surface area contributed by atoms with Gasteiger partial charge in [-0.15, -0.1) is 24.0 Å². The fraction of sp³-hybridized carbons (Fsp3) is 0.300. The summed E-state index contributed by atoms with van der Waals surface area (Å²) in [4.78, 5) is 6.49. The standard InChI is InChI=1S/C20H21ClFN5.HI/c1-24-20(25-12-15-9-14(11-23)5-6-19(15)22)26-17-7-8-27(13-17)18-4-2-3-16(21)10-18;/h2-6,9-10,17H,7-8,12-13H2,1H3,(H2,24,25,26);1H. The number of nitrogens with one attached hydrogen (secondary N) is 2. The van der Waals surface area contributed by atoms with Gasteiger partial charge in [0.15, 0.2) is 5.96 Å². The van der Waals surface area contributed by atoms with Gasteiger partial charge in [-0.2, -0.15) is 5.26 Å². The monoisotopic (exact) mass is 513 g/mol. The number of halogens is 3. The third kappa shape index (κ3) is 5.72. The summed E-state index contributed by atoms with van der Waals surface area (Å²) in [6, 6.07) is 14.4. The van der Waals surface area contributed by atoms with E-state index in [9.17, 15) is 4.39 Å². The van der Waals surface area contributed by atoms with Crippen LogP contribution < -0.4 is 15.5 Å². The van der Waals surface area contributed by atoms with E-state index >= 15 is 0 Å². The van der Waals surface area contributed by atoms with Crippen molar-refractivity contribution in [1.29, 1.82) is 5.26 Å². The van der Waals surface area contributed by atoms with E-state index in [1.807, 2.05) is 30.3 Å². The van der Waals surface area contributed by atoms with Gasteiger partial charge in [-0.1, -0.05) is 17.7 Å². The van der Waals surface area contributed by atoms with Crippen molar-refractivity contribution < 1.29 is 4.39 Å². The highest BCUT2D eigenvalue weighted by molar-refractivity contribution is 14.0.